The standard InChI is InChI=1S/C11H6Cl2N2O2S/c12-7-3-4-8(13)10(6-7)18-11-9(15(16)17)2-1-5-14-11/h1-6H. The molecule has 0 saturated carbocycles. The molecule has 4 nitrogen and oxygen atoms in total. The van der Waals surface area contributed by atoms with Crippen molar-refractivity contribution >= 4 is 40.7 Å². The Kier molecular flexibility index (Phi) is 4.06. The third-order valence-corrected chi connectivity index (χ3v) is 3.79. The zero-order valence-electron chi connectivity index (χ0n) is 8.84. The molecule has 0 N–H and O–H groups in total. The molecule has 0 aliphatic heterocycles. The minimum Gasteiger partial charge on any atom is -0.258 e. The lowest BCUT2D eigenvalue weighted by molar-refractivity contribution is -0.388. The number of aromatic nitrogens is 1. The molecule has 2 aromatic rings. The summed E-state index contributed by atoms with van der Waals surface area (Å²) in [6.07, 6.45) is 1.49. The van der Waals surface area contributed by atoms with Crippen LogP contribution in [0.3, 0.4) is 0 Å². The van der Waals surface area contributed by atoms with E-state index in [4.69, 9.17) is 23.2 Å². The summed E-state index contributed by atoms with van der Waals surface area (Å²) in [5.74, 6) is 0. The molecule has 0 saturated heterocycles. The summed E-state index contributed by atoms with van der Waals surface area (Å²) in [7, 11) is 0. The van der Waals surface area contributed by atoms with Crippen molar-refractivity contribution in [3.63, 3.8) is 0 Å². The molecule has 0 spiro atoms. The smallest absolute Gasteiger partial charge is 0.258 e. The molecule has 1 heterocycles. The van der Waals surface area contributed by atoms with Crippen molar-refractivity contribution in [2.75, 3.05) is 0 Å². The SMILES string of the molecule is O=[N+]([O-])c1cccnc1Sc1cc(Cl)ccc1Cl. The fourth-order valence-electron chi connectivity index (χ4n) is 1.26. The van der Waals surface area contributed by atoms with Crippen LogP contribution in [0.25, 0.3) is 0 Å². The highest BCUT2D eigenvalue weighted by Gasteiger charge is 2.16. The van der Waals surface area contributed by atoms with E-state index in [1.165, 1.54) is 18.3 Å². The van der Waals surface area contributed by atoms with Crippen LogP contribution >= 0.6 is 35.0 Å². The third-order valence-electron chi connectivity index (χ3n) is 2.05. The number of hydrogen-bond donors (Lipinski definition) is 0. The molecule has 0 bridgehead atoms. The number of nitrogens with zero attached hydrogens (tertiary/aromatic N) is 2. The quantitative estimate of drug-likeness (QED) is 0.621. The van der Waals surface area contributed by atoms with E-state index in [0.29, 0.717) is 14.9 Å². The number of benzene rings is 1. The minimum atomic E-state index is -0.478. The van der Waals surface area contributed by atoms with E-state index in [1.807, 2.05) is 0 Å². The van der Waals surface area contributed by atoms with Crippen LogP contribution < -0.4 is 0 Å². The van der Waals surface area contributed by atoms with E-state index >= 15 is 0 Å². The Bertz CT molecular complexity index is 607. The zero-order valence-corrected chi connectivity index (χ0v) is 11.2. The molecular formula is C11H6Cl2N2O2S. The first kappa shape index (κ1) is 13.1. The van der Waals surface area contributed by atoms with Gasteiger partial charge in [0.1, 0.15) is 0 Å². The van der Waals surface area contributed by atoms with Gasteiger partial charge in [0.15, 0.2) is 5.03 Å². The molecule has 0 aliphatic rings. The second kappa shape index (κ2) is 5.56. The summed E-state index contributed by atoms with van der Waals surface area (Å²) in [4.78, 5) is 15.0. The first-order valence-corrected chi connectivity index (χ1v) is 6.37. The van der Waals surface area contributed by atoms with Gasteiger partial charge in [0.25, 0.3) is 0 Å². The number of nitro groups is 1. The number of hydrogen-bond acceptors (Lipinski definition) is 4. The monoisotopic (exact) mass is 300 g/mol. The first-order valence-electron chi connectivity index (χ1n) is 4.80. The van der Waals surface area contributed by atoms with Crippen LogP contribution in [0.15, 0.2) is 46.5 Å². The van der Waals surface area contributed by atoms with Crippen molar-refractivity contribution in [1.82, 2.24) is 4.98 Å². The summed E-state index contributed by atoms with van der Waals surface area (Å²) < 4.78 is 0. The average Bonchev–Trinajstić information content (AvgIpc) is 2.34. The molecule has 1 aromatic heterocycles. The molecule has 7 heteroatoms. The Labute approximate surface area is 117 Å². The molecule has 0 fully saturated rings. The topological polar surface area (TPSA) is 56.0 Å². The number of pyridine rings is 1. The Hall–Kier alpha value is -1.30. The van der Waals surface area contributed by atoms with Gasteiger partial charge in [-0.25, -0.2) is 4.98 Å². The van der Waals surface area contributed by atoms with Crippen molar-refractivity contribution in [2.45, 2.75) is 9.92 Å². The Morgan fingerprint density at radius 3 is 2.78 bits per heavy atom. The van der Waals surface area contributed by atoms with Gasteiger partial charge >= 0.3 is 5.69 Å². The van der Waals surface area contributed by atoms with Gasteiger partial charge in [0, 0.05) is 22.2 Å². The van der Waals surface area contributed by atoms with E-state index in [9.17, 15) is 10.1 Å². The Balaban J connectivity index is 2.40. The molecule has 18 heavy (non-hydrogen) atoms. The second-order valence-corrected chi connectivity index (χ2v) is 5.14. The lowest BCUT2D eigenvalue weighted by Crippen LogP contribution is -1.92. The van der Waals surface area contributed by atoms with E-state index < -0.39 is 4.92 Å². The van der Waals surface area contributed by atoms with Crippen molar-refractivity contribution in [3.8, 4) is 0 Å². The molecule has 0 aliphatic carbocycles. The van der Waals surface area contributed by atoms with Gasteiger partial charge < -0.3 is 0 Å². The van der Waals surface area contributed by atoms with Crippen molar-refractivity contribution < 1.29 is 4.92 Å². The maximum absolute atomic E-state index is 10.9. The first-order chi connectivity index (χ1) is 8.58. The van der Waals surface area contributed by atoms with Gasteiger partial charge in [-0.2, -0.15) is 0 Å². The van der Waals surface area contributed by atoms with Crippen molar-refractivity contribution in [2.24, 2.45) is 0 Å². The summed E-state index contributed by atoms with van der Waals surface area (Å²) in [6, 6.07) is 7.85. The van der Waals surface area contributed by atoms with Crippen LogP contribution in [-0.4, -0.2) is 9.91 Å². The van der Waals surface area contributed by atoms with Gasteiger partial charge in [-0.05, 0) is 24.3 Å². The molecule has 92 valence electrons. The second-order valence-electron chi connectivity index (χ2n) is 3.26. The summed E-state index contributed by atoms with van der Waals surface area (Å²) in [5, 5.41) is 12.1. The largest absolute Gasteiger partial charge is 0.301 e. The number of rotatable bonds is 3. The summed E-state index contributed by atoms with van der Waals surface area (Å²) >= 11 is 13.0. The van der Waals surface area contributed by atoms with Crippen LogP contribution in [0.1, 0.15) is 0 Å². The predicted molar refractivity (Wildman–Crippen MR) is 71.5 cm³/mol. The summed E-state index contributed by atoms with van der Waals surface area (Å²) in [5.41, 5.74) is -0.0569. The van der Waals surface area contributed by atoms with Gasteiger partial charge in [0.05, 0.1) is 9.95 Å². The van der Waals surface area contributed by atoms with Crippen LogP contribution in [0.4, 0.5) is 5.69 Å². The Morgan fingerprint density at radius 2 is 2.06 bits per heavy atom. The molecular weight excluding hydrogens is 295 g/mol. The lowest BCUT2D eigenvalue weighted by Gasteiger charge is -2.04. The van der Waals surface area contributed by atoms with E-state index in [2.05, 4.69) is 4.98 Å². The van der Waals surface area contributed by atoms with Gasteiger partial charge in [0.2, 0.25) is 0 Å². The molecule has 0 amide bonds. The van der Waals surface area contributed by atoms with Crippen LogP contribution in [0.5, 0.6) is 0 Å². The zero-order chi connectivity index (χ0) is 13.1. The average molecular weight is 301 g/mol. The van der Waals surface area contributed by atoms with Crippen molar-refractivity contribution in [3.05, 3.63) is 56.7 Å². The highest BCUT2D eigenvalue weighted by atomic mass is 35.5. The van der Waals surface area contributed by atoms with Gasteiger partial charge in [-0.3, -0.25) is 10.1 Å². The van der Waals surface area contributed by atoms with Crippen LogP contribution in [0.2, 0.25) is 10.0 Å². The lowest BCUT2D eigenvalue weighted by atomic mass is 10.4. The molecule has 1 aromatic carbocycles. The normalized spacial score (nSPS) is 10.3. The third kappa shape index (κ3) is 2.93. The molecule has 0 atom stereocenters. The predicted octanol–water partition coefficient (Wildman–Crippen LogP) is 4.45. The van der Waals surface area contributed by atoms with Crippen molar-refractivity contribution in [1.29, 1.82) is 0 Å². The summed E-state index contributed by atoms with van der Waals surface area (Å²) in [6.45, 7) is 0. The molecule has 0 radical (unpaired) electrons. The fourth-order valence-corrected chi connectivity index (χ4v) is 2.65. The van der Waals surface area contributed by atoms with E-state index in [1.54, 1.807) is 18.2 Å². The Morgan fingerprint density at radius 1 is 1.28 bits per heavy atom. The minimum absolute atomic E-state index is 0.0569. The fraction of sp³-hybridized carbons (Fsp3) is 0. The van der Waals surface area contributed by atoms with Crippen LogP contribution in [0, 0.1) is 10.1 Å². The maximum atomic E-state index is 10.9. The van der Waals surface area contributed by atoms with E-state index in [0.717, 1.165) is 11.8 Å². The molecule has 2 rings (SSSR count). The maximum Gasteiger partial charge on any atom is 0.301 e. The number of halogens is 2. The highest BCUT2D eigenvalue weighted by molar-refractivity contribution is 7.99. The molecule has 0 unspecified atom stereocenters. The van der Waals surface area contributed by atoms with Crippen LogP contribution in [-0.2, 0) is 0 Å². The highest BCUT2D eigenvalue weighted by Crippen LogP contribution is 2.37. The van der Waals surface area contributed by atoms with Gasteiger partial charge in [-0.1, -0.05) is 35.0 Å². The van der Waals surface area contributed by atoms with Gasteiger partial charge in [-0.15, -0.1) is 0 Å². The van der Waals surface area contributed by atoms with E-state index in [-0.39, 0.29) is 10.7 Å².